The average Bonchev–Trinajstić information content (AvgIpc) is 2.83. The van der Waals surface area contributed by atoms with Crippen molar-refractivity contribution >= 4 is 0 Å². The molecule has 1 atom stereocenters. The van der Waals surface area contributed by atoms with Crippen molar-refractivity contribution in [1.29, 1.82) is 0 Å². The van der Waals surface area contributed by atoms with Gasteiger partial charge >= 0.3 is 0 Å². The number of ether oxygens (including phenoxy) is 1. The lowest BCUT2D eigenvalue weighted by Crippen LogP contribution is -2.38. The lowest BCUT2D eigenvalue weighted by Gasteiger charge is -2.24. The first-order valence-electron chi connectivity index (χ1n) is 5.82. The first kappa shape index (κ1) is 12.3. The Hall–Kier alpha value is -1.16. The molecule has 1 saturated heterocycles. The van der Waals surface area contributed by atoms with Gasteiger partial charge in [-0.1, -0.05) is 0 Å². The molecule has 0 radical (unpaired) electrons. The van der Waals surface area contributed by atoms with Crippen LogP contribution in [0.15, 0.2) is 18.2 Å². The van der Waals surface area contributed by atoms with Gasteiger partial charge in [-0.15, -0.1) is 0 Å². The number of hydrogen-bond donors (Lipinski definition) is 1. The predicted molar refractivity (Wildman–Crippen MR) is 62.6 cm³/mol. The molecule has 1 aromatic rings. The number of methoxy groups -OCH3 is 1. The number of hydrogen-bond acceptors (Lipinski definition) is 2. The second-order valence-corrected chi connectivity index (χ2v) is 4.46. The molecule has 17 heavy (non-hydrogen) atoms. The summed E-state index contributed by atoms with van der Waals surface area (Å²) in [5, 5.41) is 2.86. The minimum absolute atomic E-state index is 0.0650. The van der Waals surface area contributed by atoms with Crippen molar-refractivity contribution in [1.82, 2.24) is 5.32 Å². The smallest absolute Gasteiger partial charge is 0.288 e. The molecule has 4 heteroatoms. The fourth-order valence-corrected chi connectivity index (χ4v) is 2.28. The zero-order valence-electron chi connectivity index (χ0n) is 10.1. The molecule has 0 aromatic heterocycles. The van der Waals surface area contributed by atoms with E-state index in [1.165, 1.54) is 12.1 Å². The number of halogens is 2. The third-order valence-electron chi connectivity index (χ3n) is 3.28. The van der Waals surface area contributed by atoms with Crippen LogP contribution >= 0.6 is 0 Å². The summed E-state index contributed by atoms with van der Waals surface area (Å²) in [5.41, 5.74) is 0.804. The van der Waals surface area contributed by atoms with Gasteiger partial charge in [-0.25, -0.2) is 0 Å². The Balaban J connectivity index is 2.29. The summed E-state index contributed by atoms with van der Waals surface area (Å²) in [4.78, 5) is 0. The molecule has 94 valence electrons. The number of aryl methyl sites for hydroxylation is 1. The Morgan fingerprint density at radius 2 is 2.18 bits per heavy atom. The molecule has 1 N–H and O–H groups in total. The van der Waals surface area contributed by atoms with Gasteiger partial charge in [-0.2, -0.15) is 8.78 Å². The van der Waals surface area contributed by atoms with Crippen LogP contribution in [0.2, 0.25) is 0 Å². The first-order valence-corrected chi connectivity index (χ1v) is 5.82. The van der Waals surface area contributed by atoms with Crippen LogP contribution in [-0.2, 0) is 5.92 Å². The molecule has 1 aliphatic heterocycles. The van der Waals surface area contributed by atoms with Crippen molar-refractivity contribution in [2.24, 2.45) is 0 Å². The molecule has 0 saturated carbocycles. The molecule has 0 spiro atoms. The SMILES string of the molecule is COc1ccc(C(F)(F)C2CCCN2)cc1C. The summed E-state index contributed by atoms with van der Waals surface area (Å²) in [7, 11) is 1.54. The third kappa shape index (κ3) is 2.27. The van der Waals surface area contributed by atoms with Crippen molar-refractivity contribution in [2.75, 3.05) is 13.7 Å². The zero-order chi connectivity index (χ0) is 12.5. The zero-order valence-corrected chi connectivity index (χ0v) is 10.1. The van der Waals surface area contributed by atoms with Gasteiger partial charge in [0, 0.05) is 5.56 Å². The molecule has 1 unspecified atom stereocenters. The van der Waals surface area contributed by atoms with Gasteiger partial charge in [0.1, 0.15) is 5.75 Å². The van der Waals surface area contributed by atoms with E-state index in [9.17, 15) is 8.78 Å². The maximum Gasteiger partial charge on any atom is 0.288 e. The van der Waals surface area contributed by atoms with E-state index in [0.717, 1.165) is 12.0 Å². The van der Waals surface area contributed by atoms with Crippen molar-refractivity contribution in [3.63, 3.8) is 0 Å². The van der Waals surface area contributed by atoms with E-state index in [1.807, 2.05) is 0 Å². The average molecular weight is 241 g/mol. The summed E-state index contributed by atoms with van der Waals surface area (Å²) in [6.07, 6.45) is 1.34. The molecule has 1 aromatic carbocycles. The van der Waals surface area contributed by atoms with Gasteiger partial charge in [0.15, 0.2) is 0 Å². The molecule has 2 nitrogen and oxygen atoms in total. The van der Waals surface area contributed by atoms with Crippen LogP contribution in [0.4, 0.5) is 8.78 Å². The molecular weight excluding hydrogens is 224 g/mol. The van der Waals surface area contributed by atoms with Crippen LogP contribution in [0.25, 0.3) is 0 Å². The van der Waals surface area contributed by atoms with Crippen LogP contribution in [0.3, 0.4) is 0 Å². The maximum absolute atomic E-state index is 14.2. The minimum atomic E-state index is -2.81. The van der Waals surface area contributed by atoms with E-state index in [-0.39, 0.29) is 5.56 Å². The second-order valence-electron chi connectivity index (χ2n) is 4.46. The number of nitrogens with one attached hydrogen (secondary N) is 1. The highest BCUT2D eigenvalue weighted by Crippen LogP contribution is 2.37. The highest BCUT2D eigenvalue weighted by Gasteiger charge is 2.42. The Morgan fingerprint density at radius 3 is 2.71 bits per heavy atom. The lowest BCUT2D eigenvalue weighted by atomic mass is 9.98. The predicted octanol–water partition coefficient (Wildman–Crippen LogP) is 2.85. The topological polar surface area (TPSA) is 21.3 Å². The molecule has 2 rings (SSSR count). The van der Waals surface area contributed by atoms with Crippen molar-refractivity contribution in [3.8, 4) is 5.75 Å². The fourth-order valence-electron chi connectivity index (χ4n) is 2.28. The molecule has 1 aliphatic rings. The molecule has 0 aliphatic carbocycles. The van der Waals surface area contributed by atoms with E-state index in [4.69, 9.17) is 4.74 Å². The molecule has 1 fully saturated rings. The van der Waals surface area contributed by atoms with E-state index >= 15 is 0 Å². The van der Waals surface area contributed by atoms with E-state index in [2.05, 4.69) is 5.32 Å². The number of benzene rings is 1. The van der Waals surface area contributed by atoms with Crippen LogP contribution < -0.4 is 10.1 Å². The monoisotopic (exact) mass is 241 g/mol. The highest BCUT2D eigenvalue weighted by molar-refractivity contribution is 5.38. The number of rotatable bonds is 3. The Morgan fingerprint density at radius 1 is 1.41 bits per heavy atom. The quantitative estimate of drug-likeness (QED) is 0.878. The largest absolute Gasteiger partial charge is 0.496 e. The Bertz CT molecular complexity index is 400. The van der Waals surface area contributed by atoms with Crippen LogP contribution in [-0.4, -0.2) is 19.7 Å². The summed E-state index contributed by atoms with van der Waals surface area (Å²) in [6.45, 7) is 2.45. The van der Waals surface area contributed by atoms with Gasteiger partial charge in [0.25, 0.3) is 5.92 Å². The van der Waals surface area contributed by atoms with Gasteiger partial charge in [-0.3, -0.25) is 0 Å². The van der Waals surface area contributed by atoms with Gasteiger partial charge in [0.05, 0.1) is 13.2 Å². The number of alkyl halides is 2. The van der Waals surface area contributed by atoms with Crippen LogP contribution in [0.5, 0.6) is 5.75 Å². The standard InChI is InChI=1S/C13H17F2NO/c1-9-8-10(5-6-11(9)17-2)13(14,15)12-4-3-7-16-12/h5-6,8,12,16H,3-4,7H2,1-2H3. The maximum atomic E-state index is 14.2. The van der Waals surface area contributed by atoms with E-state index in [1.54, 1.807) is 20.1 Å². The Labute approximate surface area is 100.0 Å². The van der Waals surface area contributed by atoms with E-state index < -0.39 is 12.0 Å². The molecule has 0 amide bonds. The van der Waals surface area contributed by atoms with Gasteiger partial charge in [0.2, 0.25) is 0 Å². The van der Waals surface area contributed by atoms with Crippen LogP contribution in [0, 0.1) is 6.92 Å². The first-order chi connectivity index (χ1) is 8.05. The summed E-state index contributed by atoms with van der Waals surface area (Å²) in [6, 6.07) is 3.83. The van der Waals surface area contributed by atoms with Crippen LogP contribution in [0.1, 0.15) is 24.0 Å². The minimum Gasteiger partial charge on any atom is -0.496 e. The molecular formula is C13H17F2NO. The van der Waals surface area contributed by atoms with Gasteiger partial charge < -0.3 is 10.1 Å². The van der Waals surface area contributed by atoms with Crippen molar-refractivity contribution in [3.05, 3.63) is 29.3 Å². The summed E-state index contributed by atoms with van der Waals surface area (Å²) in [5.74, 6) is -2.17. The summed E-state index contributed by atoms with van der Waals surface area (Å²) < 4.78 is 33.4. The summed E-state index contributed by atoms with van der Waals surface area (Å²) >= 11 is 0. The molecule has 0 bridgehead atoms. The van der Waals surface area contributed by atoms with E-state index in [0.29, 0.717) is 18.7 Å². The third-order valence-corrected chi connectivity index (χ3v) is 3.28. The van der Waals surface area contributed by atoms with Gasteiger partial charge in [-0.05, 0) is 50.1 Å². The fraction of sp³-hybridized carbons (Fsp3) is 0.538. The normalized spacial score (nSPS) is 20.6. The molecule has 1 heterocycles. The highest BCUT2D eigenvalue weighted by atomic mass is 19.3. The second kappa shape index (κ2) is 4.61. The Kier molecular flexibility index (Phi) is 3.33. The van der Waals surface area contributed by atoms with Crippen molar-refractivity contribution in [2.45, 2.75) is 31.7 Å². The van der Waals surface area contributed by atoms with Crippen molar-refractivity contribution < 1.29 is 13.5 Å². The lowest BCUT2D eigenvalue weighted by molar-refractivity contribution is -0.0377.